The van der Waals surface area contributed by atoms with Crippen LogP contribution >= 0.6 is 0 Å². The fourth-order valence-corrected chi connectivity index (χ4v) is 8.71. The summed E-state index contributed by atoms with van der Waals surface area (Å²) in [6, 6.07) is 0. The van der Waals surface area contributed by atoms with E-state index in [9.17, 15) is 20.1 Å². The maximum absolute atomic E-state index is 11.3. The first kappa shape index (κ1) is 24.2. The molecule has 0 spiro atoms. The van der Waals surface area contributed by atoms with Crippen LogP contribution < -0.4 is 0 Å². The maximum Gasteiger partial charge on any atom is 0.306 e. The summed E-state index contributed by atoms with van der Waals surface area (Å²) in [5.74, 6) is -1.31. The summed E-state index contributed by atoms with van der Waals surface area (Å²) in [6.07, 6.45) is 10.7. The van der Waals surface area contributed by atoms with E-state index in [4.69, 9.17) is 5.11 Å². The van der Waals surface area contributed by atoms with Crippen molar-refractivity contribution in [2.24, 2.45) is 46.3 Å². The third-order valence-corrected chi connectivity index (χ3v) is 10.6. The number of aliphatic carboxylic acids is 1. The van der Waals surface area contributed by atoms with Crippen LogP contribution in [0, 0.1) is 46.3 Å². The molecule has 7 unspecified atom stereocenters. The number of fused-ring (bicyclic) bond motifs is 5. The second-order valence-corrected chi connectivity index (χ2v) is 12.4. The number of aliphatic hydroxyl groups excluding tert-OH is 1. The average molecular weight is 449 g/mol. The molecule has 4 aliphatic rings. The quantitative estimate of drug-likeness (QED) is 0.347. The Morgan fingerprint density at radius 3 is 2.47 bits per heavy atom. The minimum absolute atomic E-state index is 0.0309. The summed E-state index contributed by atoms with van der Waals surface area (Å²) < 4.78 is 0. The predicted octanol–water partition coefficient (Wildman–Crippen LogP) is 4.74. The van der Waals surface area contributed by atoms with Crippen LogP contribution in [0.3, 0.4) is 0 Å². The Balaban J connectivity index is 1.53. The highest BCUT2D eigenvalue weighted by Crippen LogP contribution is 2.68. The van der Waals surface area contributed by atoms with Gasteiger partial charge >= 0.3 is 5.97 Å². The molecule has 3 saturated carbocycles. The van der Waals surface area contributed by atoms with Crippen LogP contribution in [-0.2, 0) is 4.79 Å². The molecule has 4 rings (SSSR count). The largest absolute Gasteiger partial charge is 0.481 e. The van der Waals surface area contributed by atoms with Crippen LogP contribution in [0.25, 0.3) is 0 Å². The number of aliphatic hydroxyl groups is 3. The Labute approximate surface area is 193 Å². The monoisotopic (exact) mass is 448 g/mol. The Hall–Kier alpha value is -0.910. The normalized spacial score (nSPS) is 44.6. The second-order valence-electron chi connectivity index (χ2n) is 12.4. The molecular formula is C27H44O5. The van der Waals surface area contributed by atoms with E-state index in [-0.39, 0.29) is 34.7 Å². The number of carboxylic acid groups (broad SMARTS) is 1. The van der Waals surface area contributed by atoms with E-state index in [1.807, 2.05) is 0 Å². The molecule has 0 amide bonds. The standard InChI is InChI=1S/C27H44O5/c1-16(6-5-7-17(2)24(29)30)20-8-9-21-23-22(11-13-26(20,21)4)25(3)12-10-19(28)14-18(25)15-27(23,31)32/h15-17,19-23,28,31-32H,5-14H2,1-4H3,(H,29,30)/t16-,17-,19?,20?,21?,22?,23?,25?,26?/m1/s1. The third kappa shape index (κ3) is 3.86. The van der Waals surface area contributed by atoms with Crippen LogP contribution in [0.4, 0.5) is 0 Å². The van der Waals surface area contributed by atoms with E-state index in [0.717, 1.165) is 63.4 Å². The highest BCUT2D eigenvalue weighted by Gasteiger charge is 2.64. The van der Waals surface area contributed by atoms with Crippen molar-refractivity contribution in [3.05, 3.63) is 11.6 Å². The van der Waals surface area contributed by atoms with Gasteiger partial charge in [0.1, 0.15) is 0 Å². The van der Waals surface area contributed by atoms with Gasteiger partial charge in [-0.2, -0.15) is 0 Å². The van der Waals surface area contributed by atoms with Gasteiger partial charge in [-0.25, -0.2) is 0 Å². The lowest BCUT2D eigenvalue weighted by molar-refractivity contribution is -0.236. The van der Waals surface area contributed by atoms with Gasteiger partial charge < -0.3 is 20.4 Å². The summed E-state index contributed by atoms with van der Waals surface area (Å²) >= 11 is 0. The van der Waals surface area contributed by atoms with Crippen LogP contribution in [-0.4, -0.2) is 38.3 Å². The van der Waals surface area contributed by atoms with Crippen molar-refractivity contribution < 1.29 is 25.2 Å². The predicted molar refractivity (Wildman–Crippen MR) is 124 cm³/mol. The lowest BCUT2D eigenvalue weighted by atomic mass is 9.45. The molecule has 182 valence electrons. The molecule has 0 bridgehead atoms. The van der Waals surface area contributed by atoms with E-state index in [1.54, 1.807) is 13.0 Å². The van der Waals surface area contributed by atoms with Crippen molar-refractivity contribution >= 4 is 5.97 Å². The highest BCUT2D eigenvalue weighted by molar-refractivity contribution is 5.69. The molecule has 0 aliphatic heterocycles. The molecule has 4 aliphatic carbocycles. The topological polar surface area (TPSA) is 98.0 Å². The molecule has 3 fully saturated rings. The molecule has 4 N–H and O–H groups in total. The molecule has 0 saturated heterocycles. The van der Waals surface area contributed by atoms with Gasteiger partial charge in [-0.15, -0.1) is 0 Å². The van der Waals surface area contributed by atoms with E-state index < -0.39 is 11.8 Å². The van der Waals surface area contributed by atoms with Gasteiger partial charge in [-0.05, 0) is 91.9 Å². The molecular weight excluding hydrogens is 404 g/mol. The summed E-state index contributed by atoms with van der Waals surface area (Å²) in [7, 11) is 0. The minimum Gasteiger partial charge on any atom is -0.481 e. The molecule has 0 radical (unpaired) electrons. The summed E-state index contributed by atoms with van der Waals surface area (Å²) in [6.45, 7) is 8.81. The van der Waals surface area contributed by atoms with Crippen LogP contribution in [0.2, 0.25) is 0 Å². The second kappa shape index (κ2) is 8.39. The number of hydrogen-bond donors (Lipinski definition) is 4. The minimum atomic E-state index is -1.79. The molecule has 0 aromatic heterocycles. The van der Waals surface area contributed by atoms with E-state index in [1.165, 1.54) is 0 Å². The Morgan fingerprint density at radius 2 is 1.78 bits per heavy atom. The number of rotatable bonds is 6. The zero-order valence-corrected chi connectivity index (χ0v) is 20.4. The first-order chi connectivity index (χ1) is 14.9. The lowest BCUT2D eigenvalue weighted by Gasteiger charge is -2.61. The zero-order chi connectivity index (χ0) is 23.5. The lowest BCUT2D eigenvalue weighted by Crippen LogP contribution is -2.59. The first-order valence-corrected chi connectivity index (χ1v) is 13.0. The van der Waals surface area contributed by atoms with Gasteiger partial charge in [-0.1, -0.05) is 46.1 Å². The number of hydrogen-bond acceptors (Lipinski definition) is 4. The van der Waals surface area contributed by atoms with E-state index in [0.29, 0.717) is 24.2 Å². The molecule has 32 heavy (non-hydrogen) atoms. The van der Waals surface area contributed by atoms with Crippen LogP contribution in [0.1, 0.15) is 91.9 Å². The van der Waals surface area contributed by atoms with Crippen molar-refractivity contribution in [1.82, 2.24) is 0 Å². The first-order valence-electron chi connectivity index (χ1n) is 13.0. The Kier molecular flexibility index (Phi) is 6.35. The van der Waals surface area contributed by atoms with Crippen molar-refractivity contribution in [3.63, 3.8) is 0 Å². The van der Waals surface area contributed by atoms with Crippen molar-refractivity contribution in [1.29, 1.82) is 0 Å². The maximum atomic E-state index is 11.3. The SMILES string of the molecule is C[C@H](CCC[C@@H](C)C1CCC2C3C(CCC21C)C1(C)CCC(O)CC1=CC3(O)O)C(=O)O. The van der Waals surface area contributed by atoms with Gasteiger partial charge in [0.2, 0.25) is 0 Å². The number of carbonyl (C=O) groups is 1. The average Bonchev–Trinajstić information content (AvgIpc) is 3.06. The zero-order valence-electron chi connectivity index (χ0n) is 20.4. The summed E-state index contributed by atoms with van der Waals surface area (Å²) in [5, 5.41) is 42.0. The summed E-state index contributed by atoms with van der Waals surface area (Å²) in [4.78, 5) is 11.1. The Morgan fingerprint density at radius 1 is 1.06 bits per heavy atom. The van der Waals surface area contributed by atoms with Gasteiger partial charge in [0.05, 0.1) is 12.0 Å². The number of carboxylic acids is 1. The van der Waals surface area contributed by atoms with Crippen molar-refractivity contribution in [3.8, 4) is 0 Å². The fraction of sp³-hybridized carbons (Fsp3) is 0.889. The van der Waals surface area contributed by atoms with E-state index in [2.05, 4.69) is 20.8 Å². The van der Waals surface area contributed by atoms with Gasteiger partial charge in [0.15, 0.2) is 5.79 Å². The molecule has 5 heteroatoms. The van der Waals surface area contributed by atoms with E-state index >= 15 is 0 Å². The van der Waals surface area contributed by atoms with Gasteiger partial charge in [-0.3, -0.25) is 4.79 Å². The van der Waals surface area contributed by atoms with Crippen molar-refractivity contribution in [2.45, 2.75) is 104 Å². The van der Waals surface area contributed by atoms with Crippen LogP contribution in [0.15, 0.2) is 11.6 Å². The van der Waals surface area contributed by atoms with Crippen molar-refractivity contribution in [2.75, 3.05) is 0 Å². The third-order valence-electron chi connectivity index (χ3n) is 10.6. The highest BCUT2D eigenvalue weighted by atomic mass is 16.5. The molecule has 0 aromatic carbocycles. The van der Waals surface area contributed by atoms with Crippen LogP contribution in [0.5, 0.6) is 0 Å². The molecule has 0 heterocycles. The summed E-state index contributed by atoms with van der Waals surface area (Å²) in [5.41, 5.74) is 1.13. The smallest absolute Gasteiger partial charge is 0.306 e. The van der Waals surface area contributed by atoms with Gasteiger partial charge in [0, 0.05) is 5.92 Å². The molecule has 5 nitrogen and oxygen atoms in total. The molecule has 0 aromatic rings. The van der Waals surface area contributed by atoms with Gasteiger partial charge in [0.25, 0.3) is 0 Å². The fourth-order valence-electron chi connectivity index (χ4n) is 8.71. The molecule has 9 atom stereocenters. The Bertz CT molecular complexity index is 759.